The van der Waals surface area contributed by atoms with E-state index in [0.717, 1.165) is 18.0 Å². The van der Waals surface area contributed by atoms with E-state index in [2.05, 4.69) is 23.2 Å². The Hall–Kier alpha value is -0.340. The van der Waals surface area contributed by atoms with Gasteiger partial charge in [0.25, 0.3) is 0 Å². The molecule has 19 heavy (non-hydrogen) atoms. The van der Waals surface area contributed by atoms with Gasteiger partial charge in [-0.3, -0.25) is 4.90 Å². The predicted octanol–water partition coefficient (Wildman–Crippen LogP) is 3.34. The van der Waals surface area contributed by atoms with E-state index in [1.54, 1.807) is 5.57 Å². The maximum Gasteiger partial charge on any atom is 0.0224 e. The summed E-state index contributed by atoms with van der Waals surface area (Å²) in [4.78, 5) is 2.79. The molecular formula is C17H30N2. The van der Waals surface area contributed by atoms with Crippen molar-refractivity contribution in [3.8, 4) is 0 Å². The summed E-state index contributed by atoms with van der Waals surface area (Å²) in [5.41, 5.74) is 1.74. The second kappa shape index (κ2) is 6.41. The number of hydrogen-bond donors (Lipinski definition) is 1. The Morgan fingerprint density at radius 2 is 2.21 bits per heavy atom. The molecule has 1 saturated heterocycles. The average molecular weight is 262 g/mol. The minimum absolute atomic E-state index is 0.777. The molecule has 3 aliphatic rings. The molecule has 108 valence electrons. The zero-order valence-corrected chi connectivity index (χ0v) is 12.5. The molecule has 0 radical (unpaired) electrons. The van der Waals surface area contributed by atoms with Gasteiger partial charge < -0.3 is 5.32 Å². The van der Waals surface area contributed by atoms with Crippen LogP contribution in [0.4, 0.5) is 0 Å². The van der Waals surface area contributed by atoms with Crippen molar-refractivity contribution < 1.29 is 0 Å². The molecule has 0 amide bonds. The van der Waals surface area contributed by atoms with Gasteiger partial charge in [0.15, 0.2) is 0 Å². The first-order chi connectivity index (χ1) is 9.36. The second-order valence-corrected chi connectivity index (χ2v) is 6.77. The Labute approximate surface area is 118 Å². The lowest BCUT2D eigenvalue weighted by atomic mass is 9.96. The smallest absolute Gasteiger partial charge is 0.0224 e. The summed E-state index contributed by atoms with van der Waals surface area (Å²) < 4.78 is 0. The average Bonchev–Trinajstić information content (AvgIpc) is 3.30. The topological polar surface area (TPSA) is 15.3 Å². The SMILES string of the molecule is CCC1CNC(C2CC2)CN1CCC1=CCCCC1. The van der Waals surface area contributed by atoms with E-state index in [4.69, 9.17) is 0 Å². The molecule has 2 aliphatic carbocycles. The molecule has 0 aromatic carbocycles. The highest BCUT2D eigenvalue weighted by molar-refractivity contribution is 5.06. The number of hydrogen-bond acceptors (Lipinski definition) is 2. The summed E-state index contributed by atoms with van der Waals surface area (Å²) in [5, 5.41) is 3.79. The van der Waals surface area contributed by atoms with Crippen LogP contribution in [0.15, 0.2) is 11.6 Å². The molecular weight excluding hydrogens is 232 g/mol. The molecule has 0 spiro atoms. The molecule has 0 aromatic rings. The Morgan fingerprint density at radius 3 is 2.89 bits per heavy atom. The molecule has 1 aliphatic heterocycles. The van der Waals surface area contributed by atoms with Crippen molar-refractivity contribution >= 4 is 0 Å². The van der Waals surface area contributed by atoms with Crippen LogP contribution < -0.4 is 5.32 Å². The first kappa shape index (κ1) is 13.6. The normalized spacial score (nSPS) is 33.2. The molecule has 2 unspecified atom stereocenters. The van der Waals surface area contributed by atoms with E-state index >= 15 is 0 Å². The van der Waals surface area contributed by atoms with Gasteiger partial charge in [-0.2, -0.15) is 0 Å². The molecule has 2 atom stereocenters. The van der Waals surface area contributed by atoms with Gasteiger partial charge in [-0.05, 0) is 57.3 Å². The van der Waals surface area contributed by atoms with Crippen LogP contribution in [0.1, 0.15) is 58.3 Å². The summed E-state index contributed by atoms with van der Waals surface area (Å²) in [6.45, 7) is 6.17. The van der Waals surface area contributed by atoms with Crippen molar-refractivity contribution in [2.24, 2.45) is 5.92 Å². The second-order valence-electron chi connectivity index (χ2n) is 6.77. The first-order valence-electron chi connectivity index (χ1n) is 8.52. The number of nitrogens with one attached hydrogen (secondary N) is 1. The molecule has 1 saturated carbocycles. The van der Waals surface area contributed by atoms with Gasteiger partial charge in [-0.25, -0.2) is 0 Å². The van der Waals surface area contributed by atoms with E-state index < -0.39 is 0 Å². The minimum atomic E-state index is 0.777. The van der Waals surface area contributed by atoms with Crippen molar-refractivity contribution in [1.29, 1.82) is 0 Å². The molecule has 0 aromatic heterocycles. The van der Waals surface area contributed by atoms with E-state index in [0.29, 0.717) is 0 Å². The summed E-state index contributed by atoms with van der Waals surface area (Å²) in [5.74, 6) is 0.995. The third-order valence-electron chi connectivity index (χ3n) is 5.33. The first-order valence-corrected chi connectivity index (χ1v) is 8.52. The molecule has 2 nitrogen and oxygen atoms in total. The predicted molar refractivity (Wildman–Crippen MR) is 81.3 cm³/mol. The van der Waals surface area contributed by atoms with Crippen LogP contribution in [-0.2, 0) is 0 Å². The molecule has 1 N–H and O–H groups in total. The van der Waals surface area contributed by atoms with Crippen LogP contribution >= 0.6 is 0 Å². The number of nitrogens with zero attached hydrogens (tertiary/aromatic N) is 1. The largest absolute Gasteiger partial charge is 0.311 e. The van der Waals surface area contributed by atoms with Gasteiger partial charge in [0.05, 0.1) is 0 Å². The summed E-state index contributed by atoms with van der Waals surface area (Å²) in [7, 11) is 0. The van der Waals surface area contributed by atoms with E-state index in [1.807, 2.05) is 0 Å². The summed E-state index contributed by atoms with van der Waals surface area (Å²) in [6.07, 6.45) is 13.6. The summed E-state index contributed by atoms with van der Waals surface area (Å²) in [6, 6.07) is 1.57. The van der Waals surface area contributed by atoms with Crippen LogP contribution in [0.5, 0.6) is 0 Å². The molecule has 2 heteroatoms. The van der Waals surface area contributed by atoms with E-state index in [9.17, 15) is 0 Å². The Balaban J connectivity index is 1.51. The van der Waals surface area contributed by atoms with E-state index in [-0.39, 0.29) is 0 Å². The van der Waals surface area contributed by atoms with Crippen molar-refractivity contribution in [2.75, 3.05) is 19.6 Å². The lowest BCUT2D eigenvalue weighted by Gasteiger charge is -2.40. The maximum absolute atomic E-state index is 3.79. The Kier molecular flexibility index (Phi) is 4.60. The van der Waals surface area contributed by atoms with Crippen LogP contribution in [0, 0.1) is 5.92 Å². The van der Waals surface area contributed by atoms with Gasteiger partial charge >= 0.3 is 0 Å². The zero-order chi connectivity index (χ0) is 13.1. The molecule has 3 rings (SSSR count). The van der Waals surface area contributed by atoms with Crippen LogP contribution in [0.3, 0.4) is 0 Å². The highest BCUT2D eigenvalue weighted by Gasteiger charge is 2.36. The fraction of sp³-hybridized carbons (Fsp3) is 0.882. The van der Waals surface area contributed by atoms with Gasteiger partial charge in [-0.1, -0.05) is 18.6 Å². The minimum Gasteiger partial charge on any atom is -0.311 e. The number of rotatable bonds is 5. The highest BCUT2D eigenvalue weighted by Crippen LogP contribution is 2.34. The third-order valence-corrected chi connectivity index (χ3v) is 5.33. The Bertz CT molecular complexity index is 319. The van der Waals surface area contributed by atoms with Gasteiger partial charge in [0, 0.05) is 31.7 Å². The van der Waals surface area contributed by atoms with Crippen molar-refractivity contribution in [1.82, 2.24) is 10.2 Å². The van der Waals surface area contributed by atoms with Gasteiger partial charge in [0.2, 0.25) is 0 Å². The van der Waals surface area contributed by atoms with Gasteiger partial charge in [-0.15, -0.1) is 0 Å². The van der Waals surface area contributed by atoms with Crippen molar-refractivity contribution in [3.63, 3.8) is 0 Å². The molecule has 1 heterocycles. The fourth-order valence-electron chi connectivity index (χ4n) is 3.79. The van der Waals surface area contributed by atoms with Gasteiger partial charge in [0.1, 0.15) is 0 Å². The van der Waals surface area contributed by atoms with Crippen LogP contribution in [0.2, 0.25) is 0 Å². The standard InChI is InChI=1S/C17H30N2/c1-2-16-12-18-17(15-8-9-15)13-19(16)11-10-14-6-4-3-5-7-14/h6,15-18H,2-5,7-13H2,1H3. The maximum atomic E-state index is 3.79. The van der Waals surface area contributed by atoms with Crippen molar-refractivity contribution in [3.05, 3.63) is 11.6 Å². The lowest BCUT2D eigenvalue weighted by molar-refractivity contribution is 0.120. The number of piperazine rings is 1. The summed E-state index contributed by atoms with van der Waals surface area (Å²) >= 11 is 0. The van der Waals surface area contributed by atoms with E-state index in [1.165, 1.54) is 71.0 Å². The Morgan fingerprint density at radius 1 is 1.32 bits per heavy atom. The molecule has 2 fully saturated rings. The lowest BCUT2D eigenvalue weighted by Crippen LogP contribution is -2.57. The monoisotopic (exact) mass is 262 g/mol. The zero-order valence-electron chi connectivity index (χ0n) is 12.5. The highest BCUT2D eigenvalue weighted by atomic mass is 15.2. The van der Waals surface area contributed by atoms with Crippen LogP contribution in [0.25, 0.3) is 0 Å². The quantitative estimate of drug-likeness (QED) is 0.765. The third kappa shape index (κ3) is 3.61. The van der Waals surface area contributed by atoms with Crippen molar-refractivity contribution in [2.45, 2.75) is 70.4 Å². The molecule has 0 bridgehead atoms. The fourth-order valence-corrected chi connectivity index (χ4v) is 3.79. The number of allylic oxidation sites excluding steroid dienone is 1. The van der Waals surface area contributed by atoms with Crippen LogP contribution in [-0.4, -0.2) is 36.6 Å².